The number of nitrogens with one attached hydrogen (secondary N) is 1. The zero-order valence-corrected chi connectivity index (χ0v) is 13.8. The second-order valence-electron chi connectivity index (χ2n) is 6.32. The Morgan fingerprint density at radius 1 is 1.42 bits per heavy atom. The van der Waals surface area contributed by atoms with Gasteiger partial charge in [0.25, 0.3) is 0 Å². The number of hydrogen-bond acceptors (Lipinski definition) is 4. The predicted molar refractivity (Wildman–Crippen MR) is 90.6 cm³/mol. The van der Waals surface area contributed by atoms with Gasteiger partial charge in [0.15, 0.2) is 0 Å². The SMILES string of the molecule is CN(CC1CCCC1O)C(=O)Nc1ccccc1Cn1cncn1. The van der Waals surface area contributed by atoms with E-state index in [-0.39, 0.29) is 18.1 Å². The summed E-state index contributed by atoms with van der Waals surface area (Å²) in [6.45, 7) is 1.11. The maximum absolute atomic E-state index is 12.5. The van der Waals surface area contributed by atoms with Crippen molar-refractivity contribution in [1.82, 2.24) is 19.7 Å². The highest BCUT2D eigenvalue weighted by Gasteiger charge is 2.27. The number of rotatable bonds is 5. The zero-order valence-electron chi connectivity index (χ0n) is 13.8. The number of urea groups is 1. The number of carbonyl (C=O) groups is 1. The number of para-hydroxylation sites is 1. The Morgan fingerprint density at radius 3 is 2.96 bits per heavy atom. The number of amides is 2. The molecule has 0 radical (unpaired) electrons. The molecule has 1 fully saturated rings. The largest absolute Gasteiger partial charge is 0.393 e. The van der Waals surface area contributed by atoms with E-state index in [0.717, 1.165) is 30.5 Å². The first kappa shape index (κ1) is 16.4. The Bertz CT molecular complexity index is 673. The molecule has 1 aliphatic rings. The molecule has 2 N–H and O–H groups in total. The van der Waals surface area contributed by atoms with Crippen LogP contribution < -0.4 is 5.32 Å². The molecule has 1 aromatic carbocycles. The monoisotopic (exact) mass is 329 g/mol. The first-order chi connectivity index (χ1) is 11.6. The van der Waals surface area contributed by atoms with Gasteiger partial charge in [-0.05, 0) is 24.5 Å². The van der Waals surface area contributed by atoms with Gasteiger partial charge in [0.05, 0.1) is 12.6 Å². The molecular weight excluding hydrogens is 306 g/mol. The molecule has 128 valence electrons. The summed E-state index contributed by atoms with van der Waals surface area (Å²) >= 11 is 0. The van der Waals surface area contributed by atoms with E-state index in [1.54, 1.807) is 23.0 Å². The molecule has 0 saturated heterocycles. The summed E-state index contributed by atoms with van der Waals surface area (Å²) in [7, 11) is 1.76. The van der Waals surface area contributed by atoms with Crippen molar-refractivity contribution in [3.05, 3.63) is 42.5 Å². The first-order valence-electron chi connectivity index (χ1n) is 8.24. The Morgan fingerprint density at radius 2 is 2.25 bits per heavy atom. The molecule has 3 rings (SSSR count). The Balaban J connectivity index is 1.63. The van der Waals surface area contributed by atoms with Crippen molar-refractivity contribution in [3.8, 4) is 0 Å². The van der Waals surface area contributed by atoms with E-state index >= 15 is 0 Å². The van der Waals surface area contributed by atoms with Gasteiger partial charge in [-0.2, -0.15) is 5.10 Å². The number of benzene rings is 1. The van der Waals surface area contributed by atoms with E-state index < -0.39 is 0 Å². The molecule has 0 spiro atoms. The molecule has 7 nitrogen and oxygen atoms in total. The lowest BCUT2D eigenvalue weighted by atomic mass is 10.1. The summed E-state index contributed by atoms with van der Waals surface area (Å²) in [5, 5.41) is 17.0. The Kier molecular flexibility index (Phi) is 5.10. The van der Waals surface area contributed by atoms with E-state index in [2.05, 4.69) is 15.4 Å². The number of carbonyl (C=O) groups excluding carboxylic acids is 1. The van der Waals surface area contributed by atoms with E-state index in [1.165, 1.54) is 6.33 Å². The Hall–Kier alpha value is -2.41. The van der Waals surface area contributed by atoms with Crippen LogP contribution in [0.1, 0.15) is 24.8 Å². The van der Waals surface area contributed by atoms with Crippen molar-refractivity contribution in [2.75, 3.05) is 18.9 Å². The smallest absolute Gasteiger partial charge is 0.321 e. The third-order valence-electron chi connectivity index (χ3n) is 4.53. The second kappa shape index (κ2) is 7.44. The topological polar surface area (TPSA) is 83.3 Å². The average molecular weight is 329 g/mol. The van der Waals surface area contributed by atoms with Crippen molar-refractivity contribution in [2.24, 2.45) is 5.92 Å². The summed E-state index contributed by atoms with van der Waals surface area (Å²) in [6, 6.07) is 7.49. The molecule has 2 aromatic rings. The van der Waals surface area contributed by atoms with E-state index in [4.69, 9.17) is 0 Å². The lowest BCUT2D eigenvalue weighted by Crippen LogP contribution is -2.37. The highest BCUT2D eigenvalue weighted by atomic mass is 16.3. The van der Waals surface area contributed by atoms with Gasteiger partial charge in [-0.25, -0.2) is 14.5 Å². The average Bonchev–Trinajstić information content (AvgIpc) is 3.22. The van der Waals surface area contributed by atoms with Crippen LogP contribution in [0.5, 0.6) is 0 Å². The third kappa shape index (κ3) is 3.91. The first-order valence-corrected chi connectivity index (χ1v) is 8.24. The fourth-order valence-corrected chi connectivity index (χ4v) is 3.14. The highest BCUT2D eigenvalue weighted by Crippen LogP contribution is 2.26. The van der Waals surface area contributed by atoms with Gasteiger partial charge in [0.2, 0.25) is 0 Å². The zero-order chi connectivity index (χ0) is 16.9. The molecule has 1 aromatic heterocycles. The van der Waals surface area contributed by atoms with Crippen LogP contribution in [0.2, 0.25) is 0 Å². The van der Waals surface area contributed by atoms with E-state index in [1.807, 2.05) is 24.3 Å². The van der Waals surface area contributed by atoms with Gasteiger partial charge < -0.3 is 15.3 Å². The van der Waals surface area contributed by atoms with Crippen LogP contribution >= 0.6 is 0 Å². The highest BCUT2D eigenvalue weighted by molar-refractivity contribution is 5.90. The van der Waals surface area contributed by atoms with Crippen molar-refractivity contribution >= 4 is 11.7 Å². The lowest BCUT2D eigenvalue weighted by Gasteiger charge is -2.24. The van der Waals surface area contributed by atoms with E-state index in [0.29, 0.717) is 13.1 Å². The van der Waals surface area contributed by atoms with Crippen LogP contribution in [-0.2, 0) is 6.54 Å². The van der Waals surface area contributed by atoms with Gasteiger partial charge in [0.1, 0.15) is 12.7 Å². The molecule has 24 heavy (non-hydrogen) atoms. The van der Waals surface area contributed by atoms with Gasteiger partial charge in [-0.3, -0.25) is 0 Å². The molecule has 1 saturated carbocycles. The van der Waals surface area contributed by atoms with Crippen molar-refractivity contribution in [3.63, 3.8) is 0 Å². The summed E-state index contributed by atoms with van der Waals surface area (Å²) in [4.78, 5) is 18.0. The van der Waals surface area contributed by atoms with Gasteiger partial charge in [-0.15, -0.1) is 0 Å². The standard InChI is InChI=1S/C17H23N5O2/c1-21(9-14-6-4-8-16(14)23)17(24)20-15-7-3-2-5-13(15)10-22-12-18-11-19-22/h2-3,5,7,11-12,14,16,23H,4,6,8-10H2,1H3,(H,20,24). The van der Waals surface area contributed by atoms with Crippen molar-refractivity contribution < 1.29 is 9.90 Å². The number of nitrogens with zero attached hydrogens (tertiary/aromatic N) is 4. The maximum Gasteiger partial charge on any atom is 0.321 e. The lowest BCUT2D eigenvalue weighted by molar-refractivity contribution is 0.116. The van der Waals surface area contributed by atoms with Gasteiger partial charge >= 0.3 is 6.03 Å². The molecule has 2 atom stereocenters. The molecule has 2 unspecified atom stereocenters. The fourth-order valence-electron chi connectivity index (χ4n) is 3.14. The molecule has 0 bridgehead atoms. The van der Waals surface area contributed by atoms with Crippen molar-refractivity contribution in [1.29, 1.82) is 0 Å². The number of aromatic nitrogens is 3. The van der Waals surface area contributed by atoms with Crippen LogP contribution in [-0.4, -0.2) is 50.5 Å². The summed E-state index contributed by atoms with van der Waals surface area (Å²) < 4.78 is 1.71. The number of hydrogen-bond donors (Lipinski definition) is 2. The quantitative estimate of drug-likeness (QED) is 0.878. The maximum atomic E-state index is 12.5. The Labute approximate surface area is 141 Å². The molecule has 7 heteroatoms. The summed E-state index contributed by atoms with van der Waals surface area (Å²) in [5.74, 6) is 0.172. The molecule has 0 aliphatic heterocycles. The van der Waals surface area contributed by atoms with Crippen LogP contribution in [0.15, 0.2) is 36.9 Å². The predicted octanol–water partition coefficient (Wildman–Crippen LogP) is 1.95. The minimum atomic E-state index is -0.292. The van der Waals surface area contributed by atoms with Crippen LogP contribution in [0, 0.1) is 5.92 Å². The minimum absolute atomic E-state index is 0.167. The minimum Gasteiger partial charge on any atom is -0.393 e. The third-order valence-corrected chi connectivity index (χ3v) is 4.53. The van der Waals surface area contributed by atoms with E-state index in [9.17, 15) is 9.90 Å². The normalized spacial score (nSPS) is 20.1. The summed E-state index contributed by atoms with van der Waals surface area (Å²) in [5.41, 5.74) is 1.72. The number of anilines is 1. The molecular formula is C17H23N5O2. The number of aliphatic hydroxyl groups excluding tert-OH is 1. The van der Waals surface area contributed by atoms with Gasteiger partial charge in [0, 0.05) is 25.2 Å². The van der Waals surface area contributed by atoms with Crippen molar-refractivity contribution in [2.45, 2.75) is 31.9 Å². The fraction of sp³-hybridized carbons (Fsp3) is 0.471. The second-order valence-corrected chi connectivity index (χ2v) is 6.32. The number of aliphatic hydroxyl groups is 1. The van der Waals surface area contributed by atoms with Gasteiger partial charge in [-0.1, -0.05) is 24.6 Å². The van der Waals surface area contributed by atoms with Crippen LogP contribution in [0.4, 0.5) is 10.5 Å². The van der Waals surface area contributed by atoms with Crippen LogP contribution in [0.25, 0.3) is 0 Å². The molecule has 2 amide bonds. The van der Waals surface area contributed by atoms with Crippen LogP contribution in [0.3, 0.4) is 0 Å². The molecule has 1 heterocycles. The molecule has 1 aliphatic carbocycles. The summed E-state index contributed by atoms with van der Waals surface area (Å²) in [6.07, 6.45) is 5.68.